The molecule has 1 aromatic carbocycles. The highest BCUT2D eigenvalue weighted by atomic mass is 16.1. The first-order chi connectivity index (χ1) is 5.70. The zero-order chi connectivity index (χ0) is 8.97. The maximum Gasteiger partial charge on any atom is 0.251 e. The molecule has 2 nitrogen and oxygen atoms in total. The van der Waals surface area contributed by atoms with Gasteiger partial charge in [0.1, 0.15) is 0 Å². The maximum absolute atomic E-state index is 11.3. The van der Waals surface area contributed by atoms with Crippen LogP contribution in [0.3, 0.4) is 0 Å². The normalized spacial score (nSPS) is 9.92. The van der Waals surface area contributed by atoms with E-state index in [1.165, 1.54) is 0 Å². The second-order valence-corrected chi connectivity index (χ2v) is 2.99. The fourth-order valence-electron chi connectivity index (χ4n) is 0.935. The summed E-state index contributed by atoms with van der Waals surface area (Å²) in [6.45, 7) is 3.89. The van der Waals surface area contributed by atoms with Crippen molar-refractivity contribution in [1.29, 1.82) is 0 Å². The van der Waals surface area contributed by atoms with Gasteiger partial charge in [-0.05, 0) is 26.0 Å². The standard InChI is InChI=1S/C10H13NO/c1-8(2)11-10(12)9-6-4-3-5-7-9/h3-8H,1-2H3,(H,11,12). The van der Waals surface area contributed by atoms with Gasteiger partial charge in [-0.3, -0.25) is 4.79 Å². The van der Waals surface area contributed by atoms with E-state index in [4.69, 9.17) is 0 Å². The summed E-state index contributed by atoms with van der Waals surface area (Å²) in [5.74, 6) is -0.00870. The van der Waals surface area contributed by atoms with Crippen LogP contribution in [0.1, 0.15) is 24.2 Å². The van der Waals surface area contributed by atoms with Gasteiger partial charge in [0, 0.05) is 11.6 Å². The molecule has 0 bridgehead atoms. The van der Waals surface area contributed by atoms with Crippen molar-refractivity contribution in [2.75, 3.05) is 0 Å². The third-order valence-electron chi connectivity index (χ3n) is 1.46. The lowest BCUT2D eigenvalue weighted by atomic mass is 10.2. The van der Waals surface area contributed by atoms with Gasteiger partial charge in [-0.1, -0.05) is 18.2 Å². The second kappa shape index (κ2) is 3.90. The Balaban J connectivity index is 2.66. The van der Waals surface area contributed by atoms with Crippen molar-refractivity contribution in [2.24, 2.45) is 0 Å². The first-order valence-electron chi connectivity index (χ1n) is 4.06. The molecule has 1 N–H and O–H groups in total. The van der Waals surface area contributed by atoms with Crippen LogP contribution in [0.4, 0.5) is 0 Å². The summed E-state index contributed by atoms with van der Waals surface area (Å²) in [6.07, 6.45) is 0. The number of amides is 1. The Hall–Kier alpha value is -1.31. The largest absolute Gasteiger partial charge is 0.350 e. The molecule has 12 heavy (non-hydrogen) atoms. The number of carbonyl (C=O) groups is 1. The predicted molar refractivity (Wildman–Crippen MR) is 49.0 cm³/mol. The SMILES string of the molecule is CC(C)NC(=O)c1ccccc1. The van der Waals surface area contributed by atoms with Gasteiger partial charge in [-0.2, -0.15) is 0 Å². The quantitative estimate of drug-likeness (QED) is 0.708. The molecule has 0 unspecified atom stereocenters. The summed E-state index contributed by atoms with van der Waals surface area (Å²) in [5.41, 5.74) is 0.714. The number of hydrogen-bond donors (Lipinski definition) is 1. The Labute approximate surface area is 72.6 Å². The lowest BCUT2D eigenvalue weighted by Crippen LogP contribution is -2.29. The van der Waals surface area contributed by atoms with Gasteiger partial charge < -0.3 is 5.32 Å². The molecule has 1 aromatic rings. The minimum atomic E-state index is -0.00870. The Morgan fingerprint density at radius 3 is 2.33 bits per heavy atom. The minimum absolute atomic E-state index is 0.00870. The molecule has 0 heterocycles. The summed E-state index contributed by atoms with van der Waals surface area (Å²) in [7, 11) is 0. The average Bonchev–Trinajstić information content (AvgIpc) is 2.05. The summed E-state index contributed by atoms with van der Waals surface area (Å²) in [6, 6.07) is 9.41. The van der Waals surface area contributed by atoms with Crippen LogP contribution in [0.2, 0.25) is 0 Å². The van der Waals surface area contributed by atoms with Gasteiger partial charge in [0.25, 0.3) is 5.91 Å². The van der Waals surface area contributed by atoms with Gasteiger partial charge in [0.2, 0.25) is 0 Å². The summed E-state index contributed by atoms with van der Waals surface area (Å²) >= 11 is 0. The van der Waals surface area contributed by atoms with E-state index in [-0.39, 0.29) is 11.9 Å². The van der Waals surface area contributed by atoms with E-state index < -0.39 is 0 Å². The molecule has 0 atom stereocenters. The first kappa shape index (κ1) is 8.78. The van der Waals surface area contributed by atoms with Gasteiger partial charge in [-0.25, -0.2) is 0 Å². The van der Waals surface area contributed by atoms with Crippen LogP contribution in [0.5, 0.6) is 0 Å². The number of rotatable bonds is 2. The molecule has 64 valence electrons. The molecule has 0 aliphatic rings. The fourth-order valence-corrected chi connectivity index (χ4v) is 0.935. The number of benzene rings is 1. The highest BCUT2D eigenvalue weighted by molar-refractivity contribution is 5.94. The summed E-state index contributed by atoms with van der Waals surface area (Å²) in [4.78, 5) is 11.3. The van der Waals surface area contributed by atoms with Crippen molar-refractivity contribution in [3.05, 3.63) is 35.9 Å². The van der Waals surface area contributed by atoms with E-state index in [0.29, 0.717) is 5.56 Å². The number of hydrogen-bond acceptors (Lipinski definition) is 1. The van der Waals surface area contributed by atoms with E-state index in [2.05, 4.69) is 5.32 Å². The lowest BCUT2D eigenvalue weighted by Gasteiger charge is -2.07. The molecule has 1 amide bonds. The van der Waals surface area contributed by atoms with E-state index in [1.807, 2.05) is 32.0 Å². The molecule has 0 spiro atoms. The number of carbonyl (C=O) groups excluding carboxylic acids is 1. The molecular weight excluding hydrogens is 150 g/mol. The smallest absolute Gasteiger partial charge is 0.251 e. The molecule has 0 aromatic heterocycles. The Bertz CT molecular complexity index is 254. The first-order valence-corrected chi connectivity index (χ1v) is 4.06. The summed E-state index contributed by atoms with van der Waals surface area (Å²) in [5, 5.41) is 2.82. The van der Waals surface area contributed by atoms with Crippen LogP contribution in [0.25, 0.3) is 0 Å². The Morgan fingerprint density at radius 2 is 1.83 bits per heavy atom. The van der Waals surface area contributed by atoms with Gasteiger partial charge in [-0.15, -0.1) is 0 Å². The van der Waals surface area contributed by atoms with E-state index in [0.717, 1.165) is 0 Å². The zero-order valence-electron chi connectivity index (χ0n) is 7.37. The van der Waals surface area contributed by atoms with Crippen molar-refractivity contribution in [1.82, 2.24) is 5.32 Å². The Morgan fingerprint density at radius 1 is 1.25 bits per heavy atom. The average molecular weight is 163 g/mol. The third-order valence-corrected chi connectivity index (χ3v) is 1.46. The van der Waals surface area contributed by atoms with Crippen molar-refractivity contribution < 1.29 is 4.79 Å². The molecule has 0 aliphatic carbocycles. The molecule has 0 saturated carbocycles. The van der Waals surface area contributed by atoms with Gasteiger partial charge >= 0.3 is 0 Å². The fraction of sp³-hybridized carbons (Fsp3) is 0.300. The van der Waals surface area contributed by atoms with Crippen molar-refractivity contribution in [3.8, 4) is 0 Å². The lowest BCUT2D eigenvalue weighted by molar-refractivity contribution is 0.0943. The number of nitrogens with one attached hydrogen (secondary N) is 1. The van der Waals surface area contributed by atoms with Crippen LogP contribution < -0.4 is 5.32 Å². The molecule has 2 heteroatoms. The molecule has 0 saturated heterocycles. The molecular formula is C10H13NO. The molecule has 1 rings (SSSR count). The highest BCUT2D eigenvalue weighted by Crippen LogP contribution is 1.98. The predicted octanol–water partition coefficient (Wildman–Crippen LogP) is 1.82. The van der Waals surface area contributed by atoms with E-state index in [1.54, 1.807) is 12.1 Å². The minimum Gasteiger partial charge on any atom is -0.350 e. The van der Waals surface area contributed by atoms with E-state index in [9.17, 15) is 4.79 Å². The van der Waals surface area contributed by atoms with Gasteiger partial charge in [0.05, 0.1) is 0 Å². The Kier molecular flexibility index (Phi) is 2.86. The van der Waals surface area contributed by atoms with Crippen LogP contribution in [-0.4, -0.2) is 11.9 Å². The maximum atomic E-state index is 11.3. The van der Waals surface area contributed by atoms with E-state index >= 15 is 0 Å². The zero-order valence-corrected chi connectivity index (χ0v) is 7.37. The van der Waals surface area contributed by atoms with Crippen LogP contribution >= 0.6 is 0 Å². The highest BCUT2D eigenvalue weighted by Gasteiger charge is 2.04. The van der Waals surface area contributed by atoms with Crippen LogP contribution in [-0.2, 0) is 0 Å². The third kappa shape index (κ3) is 2.38. The van der Waals surface area contributed by atoms with Crippen LogP contribution in [0, 0.1) is 0 Å². The molecule has 0 aliphatic heterocycles. The van der Waals surface area contributed by atoms with Crippen molar-refractivity contribution in [3.63, 3.8) is 0 Å². The van der Waals surface area contributed by atoms with Crippen molar-refractivity contribution >= 4 is 5.91 Å². The second-order valence-electron chi connectivity index (χ2n) is 2.99. The van der Waals surface area contributed by atoms with Gasteiger partial charge in [0.15, 0.2) is 0 Å². The summed E-state index contributed by atoms with van der Waals surface area (Å²) < 4.78 is 0. The molecule has 0 radical (unpaired) electrons. The van der Waals surface area contributed by atoms with Crippen molar-refractivity contribution in [2.45, 2.75) is 19.9 Å². The topological polar surface area (TPSA) is 29.1 Å². The molecule has 0 fully saturated rings. The monoisotopic (exact) mass is 163 g/mol. The van der Waals surface area contributed by atoms with Crippen LogP contribution in [0.15, 0.2) is 30.3 Å².